The van der Waals surface area contributed by atoms with E-state index in [2.05, 4.69) is 10.6 Å². The summed E-state index contributed by atoms with van der Waals surface area (Å²) < 4.78 is 10.6. The second kappa shape index (κ2) is 9.51. The lowest BCUT2D eigenvalue weighted by Crippen LogP contribution is -2.16. The zero-order chi connectivity index (χ0) is 21.8. The molecule has 0 bridgehead atoms. The Bertz CT molecular complexity index is 1160. The van der Waals surface area contributed by atoms with Gasteiger partial charge in [-0.3, -0.25) is 9.59 Å². The van der Waals surface area contributed by atoms with Crippen molar-refractivity contribution in [1.29, 1.82) is 0 Å². The zero-order valence-electron chi connectivity index (χ0n) is 16.0. The fourth-order valence-corrected chi connectivity index (χ4v) is 4.18. The lowest BCUT2D eigenvalue weighted by Gasteiger charge is -2.11. The molecule has 0 radical (unpaired) electrons. The van der Waals surface area contributed by atoms with E-state index in [4.69, 9.17) is 32.7 Å². The number of anilines is 2. The third-order valence-corrected chi connectivity index (χ3v) is 5.95. The van der Waals surface area contributed by atoms with Gasteiger partial charge in [-0.05, 0) is 42.5 Å². The van der Waals surface area contributed by atoms with Gasteiger partial charge in [0.05, 0.1) is 22.0 Å². The molecule has 1 aliphatic heterocycles. The molecule has 0 aromatic heterocycles. The first-order chi connectivity index (χ1) is 15.0. The van der Waals surface area contributed by atoms with Crippen molar-refractivity contribution in [1.82, 2.24) is 0 Å². The fraction of sp³-hybridized carbons (Fsp3) is 0.0909. The van der Waals surface area contributed by atoms with Gasteiger partial charge in [-0.1, -0.05) is 35.3 Å². The van der Waals surface area contributed by atoms with Crippen molar-refractivity contribution in [3.63, 3.8) is 0 Å². The van der Waals surface area contributed by atoms with Gasteiger partial charge in [0, 0.05) is 21.7 Å². The van der Waals surface area contributed by atoms with Crippen LogP contribution in [0.15, 0.2) is 65.6 Å². The molecule has 0 unspecified atom stereocenters. The molecule has 0 saturated carbocycles. The number of carbonyl (C=O) groups is 2. The smallest absolute Gasteiger partial charge is 0.256 e. The molecule has 0 spiro atoms. The third-order valence-electron chi connectivity index (χ3n) is 4.33. The first kappa shape index (κ1) is 21.4. The fourth-order valence-electron chi connectivity index (χ4n) is 2.88. The molecule has 0 aliphatic carbocycles. The number of ether oxygens (including phenoxy) is 2. The van der Waals surface area contributed by atoms with Crippen LogP contribution >= 0.6 is 35.0 Å². The Morgan fingerprint density at radius 2 is 1.74 bits per heavy atom. The van der Waals surface area contributed by atoms with Crippen LogP contribution in [0.5, 0.6) is 11.5 Å². The second-order valence-corrected chi connectivity index (χ2v) is 8.34. The van der Waals surface area contributed by atoms with E-state index >= 15 is 0 Å². The Morgan fingerprint density at radius 3 is 2.58 bits per heavy atom. The molecule has 0 atom stereocenters. The Hall–Kier alpha value is -2.87. The van der Waals surface area contributed by atoms with Crippen molar-refractivity contribution < 1.29 is 19.1 Å². The summed E-state index contributed by atoms with van der Waals surface area (Å²) in [6.07, 6.45) is 0. The highest BCUT2D eigenvalue weighted by molar-refractivity contribution is 8.00. The van der Waals surface area contributed by atoms with Crippen LogP contribution in [0.3, 0.4) is 0 Å². The van der Waals surface area contributed by atoms with Crippen molar-refractivity contribution >= 4 is 58.2 Å². The normalized spacial score (nSPS) is 11.8. The number of amides is 2. The van der Waals surface area contributed by atoms with Crippen LogP contribution in [0, 0.1) is 0 Å². The van der Waals surface area contributed by atoms with Crippen molar-refractivity contribution in [2.45, 2.75) is 4.90 Å². The highest BCUT2D eigenvalue weighted by Gasteiger charge is 2.16. The maximum absolute atomic E-state index is 12.8. The number of halogens is 2. The van der Waals surface area contributed by atoms with Crippen LogP contribution in [-0.2, 0) is 4.79 Å². The zero-order valence-corrected chi connectivity index (χ0v) is 18.3. The molecule has 1 aliphatic rings. The molecule has 0 saturated heterocycles. The molecule has 158 valence electrons. The monoisotopic (exact) mass is 474 g/mol. The van der Waals surface area contributed by atoms with Crippen LogP contribution in [-0.4, -0.2) is 24.4 Å². The Balaban J connectivity index is 1.40. The number of nitrogens with one attached hydrogen (secondary N) is 2. The number of fused-ring (bicyclic) bond motifs is 1. The topological polar surface area (TPSA) is 76.7 Å². The second-order valence-electron chi connectivity index (χ2n) is 6.48. The molecular formula is C22H16Cl2N2O4S. The molecule has 4 rings (SSSR count). The van der Waals surface area contributed by atoms with Crippen molar-refractivity contribution in [2.75, 3.05) is 23.2 Å². The Labute approximate surface area is 192 Å². The number of rotatable bonds is 6. The van der Waals surface area contributed by atoms with Crippen LogP contribution in [0.1, 0.15) is 10.4 Å². The first-order valence-corrected chi connectivity index (χ1v) is 10.9. The van der Waals surface area contributed by atoms with E-state index < -0.39 is 0 Å². The summed E-state index contributed by atoms with van der Waals surface area (Å²) >= 11 is 13.3. The summed E-state index contributed by atoms with van der Waals surface area (Å²) in [5.41, 5.74) is 1.50. The highest BCUT2D eigenvalue weighted by Crippen LogP contribution is 2.34. The van der Waals surface area contributed by atoms with Crippen LogP contribution in [0.4, 0.5) is 11.4 Å². The molecule has 3 aromatic rings. The molecule has 9 heteroatoms. The summed E-state index contributed by atoms with van der Waals surface area (Å²) in [4.78, 5) is 25.8. The summed E-state index contributed by atoms with van der Waals surface area (Å²) in [6.45, 7) is 0.169. The quantitative estimate of drug-likeness (QED) is 0.447. The molecule has 6 nitrogen and oxygen atoms in total. The maximum Gasteiger partial charge on any atom is 0.256 e. The van der Waals surface area contributed by atoms with E-state index in [9.17, 15) is 9.59 Å². The molecule has 2 amide bonds. The van der Waals surface area contributed by atoms with E-state index in [1.54, 1.807) is 54.6 Å². The average molecular weight is 475 g/mol. The van der Waals surface area contributed by atoms with Gasteiger partial charge < -0.3 is 20.1 Å². The average Bonchev–Trinajstić information content (AvgIpc) is 3.22. The number of thioether (sulfide) groups is 1. The SMILES string of the molecule is O=C(CSc1ccccc1C(=O)Nc1ccc(Cl)cc1Cl)Nc1ccc2c(c1)OCO2. The van der Waals surface area contributed by atoms with Gasteiger partial charge in [-0.25, -0.2) is 0 Å². The molecule has 3 aromatic carbocycles. The summed E-state index contributed by atoms with van der Waals surface area (Å²) in [6, 6.07) is 17.1. The summed E-state index contributed by atoms with van der Waals surface area (Å²) in [5.74, 6) is 0.824. The predicted octanol–water partition coefficient (Wildman–Crippen LogP) is 5.71. The largest absolute Gasteiger partial charge is 0.454 e. The van der Waals surface area contributed by atoms with Gasteiger partial charge in [-0.15, -0.1) is 11.8 Å². The van der Waals surface area contributed by atoms with Gasteiger partial charge in [0.2, 0.25) is 12.7 Å². The van der Waals surface area contributed by atoms with E-state index in [-0.39, 0.29) is 24.4 Å². The van der Waals surface area contributed by atoms with Crippen LogP contribution in [0.2, 0.25) is 10.0 Å². The summed E-state index contributed by atoms with van der Waals surface area (Å²) in [5, 5.41) is 6.41. The lowest BCUT2D eigenvalue weighted by molar-refractivity contribution is -0.113. The molecular weight excluding hydrogens is 459 g/mol. The van der Waals surface area contributed by atoms with E-state index in [0.717, 1.165) is 0 Å². The van der Waals surface area contributed by atoms with Crippen LogP contribution < -0.4 is 20.1 Å². The van der Waals surface area contributed by atoms with Gasteiger partial charge in [-0.2, -0.15) is 0 Å². The molecule has 1 heterocycles. The number of hydrogen-bond acceptors (Lipinski definition) is 5. The minimum Gasteiger partial charge on any atom is -0.454 e. The molecule has 31 heavy (non-hydrogen) atoms. The Kier molecular flexibility index (Phi) is 6.56. The van der Waals surface area contributed by atoms with Gasteiger partial charge in [0.25, 0.3) is 5.91 Å². The van der Waals surface area contributed by atoms with E-state index in [1.807, 2.05) is 6.07 Å². The minimum absolute atomic E-state index is 0.125. The number of hydrogen-bond donors (Lipinski definition) is 2. The highest BCUT2D eigenvalue weighted by atomic mass is 35.5. The summed E-state index contributed by atoms with van der Waals surface area (Å²) in [7, 11) is 0. The lowest BCUT2D eigenvalue weighted by atomic mass is 10.2. The Morgan fingerprint density at radius 1 is 0.935 bits per heavy atom. The van der Waals surface area contributed by atoms with E-state index in [0.29, 0.717) is 43.4 Å². The number of benzene rings is 3. The molecule has 2 N–H and O–H groups in total. The standard InChI is InChI=1S/C22H16Cl2N2O4S/c23-13-5-7-17(16(24)9-13)26-22(28)15-3-1-2-4-20(15)31-11-21(27)25-14-6-8-18-19(10-14)30-12-29-18/h1-10H,11-12H2,(H,25,27)(H,26,28). The molecule has 0 fully saturated rings. The van der Waals surface area contributed by atoms with Gasteiger partial charge in [0.1, 0.15) is 0 Å². The first-order valence-electron chi connectivity index (χ1n) is 9.17. The predicted molar refractivity (Wildman–Crippen MR) is 123 cm³/mol. The van der Waals surface area contributed by atoms with E-state index in [1.165, 1.54) is 11.8 Å². The maximum atomic E-state index is 12.8. The van der Waals surface area contributed by atoms with Crippen molar-refractivity contribution in [2.24, 2.45) is 0 Å². The van der Waals surface area contributed by atoms with Gasteiger partial charge >= 0.3 is 0 Å². The van der Waals surface area contributed by atoms with Crippen molar-refractivity contribution in [3.05, 3.63) is 76.3 Å². The van der Waals surface area contributed by atoms with Crippen molar-refractivity contribution in [3.8, 4) is 11.5 Å². The minimum atomic E-state index is -0.330. The van der Waals surface area contributed by atoms with Gasteiger partial charge in [0.15, 0.2) is 11.5 Å². The van der Waals surface area contributed by atoms with Crippen LogP contribution in [0.25, 0.3) is 0 Å². The number of carbonyl (C=O) groups excluding carboxylic acids is 2. The third kappa shape index (κ3) is 5.25.